The van der Waals surface area contributed by atoms with Gasteiger partial charge in [-0.3, -0.25) is 0 Å². The molecule has 0 N–H and O–H groups in total. The maximum Gasteiger partial charge on any atom is 0.343 e. The second-order valence-electron chi connectivity index (χ2n) is 10.4. The predicted molar refractivity (Wildman–Crippen MR) is 152 cm³/mol. The van der Waals surface area contributed by atoms with Crippen LogP contribution in [-0.4, -0.2) is 65.9 Å². The van der Waals surface area contributed by atoms with Crippen molar-refractivity contribution in [2.45, 2.75) is 51.7 Å². The molecule has 0 spiro atoms. The van der Waals surface area contributed by atoms with E-state index in [1.165, 1.54) is 5.56 Å². The lowest BCUT2D eigenvalue weighted by Crippen LogP contribution is -2.43. The maximum absolute atomic E-state index is 13.0. The highest BCUT2D eigenvalue weighted by Gasteiger charge is 2.27. The van der Waals surface area contributed by atoms with Crippen molar-refractivity contribution in [3.05, 3.63) is 59.3 Å². The van der Waals surface area contributed by atoms with E-state index in [0.717, 1.165) is 71.1 Å². The van der Waals surface area contributed by atoms with Crippen LogP contribution >= 0.6 is 11.3 Å². The molecule has 1 fully saturated rings. The summed E-state index contributed by atoms with van der Waals surface area (Å²) in [4.78, 5) is 27.4. The fourth-order valence-corrected chi connectivity index (χ4v) is 6.22. The van der Waals surface area contributed by atoms with Gasteiger partial charge in [-0.2, -0.15) is 10.3 Å². The van der Waals surface area contributed by atoms with Crippen LogP contribution in [0.1, 0.15) is 49.8 Å². The number of thiazole rings is 1. The van der Waals surface area contributed by atoms with E-state index in [1.807, 2.05) is 49.2 Å². The lowest BCUT2D eigenvalue weighted by molar-refractivity contribution is 0.154. The van der Waals surface area contributed by atoms with Crippen molar-refractivity contribution in [3.8, 4) is 32.8 Å². The summed E-state index contributed by atoms with van der Waals surface area (Å²) in [5.41, 5.74) is 5.70. The molecule has 196 valence electrons. The van der Waals surface area contributed by atoms with E-state index in [2.05, 4.69) is 47.2 Å². The first-order valence-corrected chi connectivity index (χ1v) is 14.0. The number of hydrogen-bond donors (Lipinski definition) is 0. The number of ether oxygens (including phenoxy) is 1. The van der Waals surface area contributed by atoms with Gasteiger partial charge in [-0.05, 0) is 83.0 Å². The van der Waals surface area contributed by atoms with Gasteiger partial charge in [0.25, 0.3) is 0 Å². The van der Waals surface area contributed by atoms with E-state index in [-0.39, 0.29) is 12.1 Å². The summed E-state index contributed by atoms with van der Waals surface area (Å²) < 4.78 is 5.76. The van der Waals surface area contributed by atoms with E-state index in [4.69, 9.17) is 4.74 Å². The number of aromatic nitrogens is 1. The molecule has 2 aromatic carbocycles. The topological polar surface area (TPSA) is 81.8 Å². The third-order valence-electron chi connectivity index (χ3n) is 7.28. The molecule has 1 saturated heterocycles. The van der Waals surface area contributed by atoms with Crippen LogP contribution in [0.2, 0.25) is 0 Å². The van der Waals surface area contributed by atoms with Crippen molar-refractivity contribution in [2.24, 2.45) is 4.99 Å². The van der Waals surface area contributed by atoms with Crippen molar-refractivity contribution < 1.29 is 9.53 Å². The molecule has 38 heavy (non-hydrogen) atoms. The lowest BCUT2D eigenvalue weighted by atomic mass is 10.0. The molecule has 2 amide bonds. The highest BCUT2D eigenvalue weighted by Crippen LogP contribution is 2.38. The number of benzene rings is 2. The zero-order valence-electron chi connectivity index (χ0n) is 22.4. The quantitative estimate of drug-likeness (QED) is 0.405. The smallest absolute Gasteiger partial charge is 0.343 e. The molecule has 5 rings (SSSR count). The van der Waals surface area contributed by atoms with Gasteiger partial charge in [0.2, 0.25) is 0 Å². The number of amides is 2. The molecule has 1 aromatic heterocycles. The van der Waals surface area contributed by atoms with Crippen molar-refractivity contribution in [1.29, 1.82) is 5.26 Å². The van der Waals surface area contributed by atoms with E-state index in [9.17, 15) is 10.1 Å². The molecule has 1 aliphatic heterocycles. The predicted octanol–water partition coefficient (Wildman–Crippen LogP) is 6.02. The van der Waals surface area contributed by atoms with E-state index < -0.39 is 0 Å². The third-order valence-corrected chi connectivity index (χ3v) is 8.36. The zero-order chi connectivity index (χ0) is 26.8. The number of nitriles is 1. The molecule has 0 atom stereocenters. The summed E-state index contributed by atoms with van der Waals surface area (Å²) in [6, 6.07) is 14.5. The fraction of sp³-hybridized carbons (Fsp3) is 0.400. The lowest BCUT2D eigenvalue weighted by Gasteiger charge is -2.34. The molecule has 3 aromatic rings. The minimum absolute atomic E-state index is 0.00129. The molecular weight excluding hydrogens is 494 g/mol. The summed E-state index contributed by atoms with van der Waals surface area (Å²) in [6.45, 7) is 5.40. The number of urea groups is 1. The molecule has 0 saturated carbocycles. The summed E-state index contributed by atoms with van der Waals surface area (Å²) >= 11 is 1.60. The van der Waals surface area contributed by atoms with E-state index in [0.29, 0.717) is 17.4 Å². The number of nitrogens with zero attached hydrogens (tertiary/aromatic N) is 5. The fourth-order valence-electron chi connectivity index (χ4n) is 5.25. The highest BCUT2D eigenvalue weighted by molar-refractivity contribution is 7.18. The molecule has 1 aliphatic carbocycles. The van der Waals surface area contributed by atoms with Crippen LogP contribution < -0.4 is 4.74 Å². The number of hydrogen-bond acceptors (Lipinski definition) is 6. The molecular formula is C30H33N5O2S. The second-order valence-corrected chi connectivity index (χ2v) is 11.4. The molecule has 7 nitrogen and oxygen atoms in total. The molecule has 2 aliphatic rings. The van der Waals surface area contributed by atoms with Gasteiger partial charge in [-0.25, -0.2) is 9.78 Å². The van der Waals surface area contributed by atoms with Gasteiger partial charge in [0.15, 0.2) is 0 Å². The van der Waals surface area contributed by atoms with E-state index in [1.54, 1.807) is 11.3 Å². The van der Waals surface area contributed by atoms with Crippen LogP contribution in [0.25, 0.3) is 21.0 Å². The number of piperidine rings is 1. The SMILES string of the molecule is CC(C)Oc1ccc(-c2ncc(-c3cccc4c3CC/C4=N/C(=O)N3CCC(N(C)C)CC3)s2)cc1C#N. The minimum Gasteiger partial charge on any atom is -0.490 e. The van der Waals surface area contributed by atoms with Crippen LogP contribution in [0.5, 0.6) is 5.75 Å². The molecule has 8 heteroatoms. The molecule has 2 heterocycles. The van der Waals surface area contributed by atoms with E-state index >= 15 is 0 Å². The van der Waals surface area contributed by atoms with Crippen LogP contribution in [0, 0.1) is 11.3 Å². The maximum atomic E-state index is 13.0. The van der Waals surface area contributed by atoms with Crippen LogP contribution in [-0.2, 0) is 6.42 Å². The number of carbonyl (C=O) groups excluding carboxylic acids is 1. The number of aliphatic imine (C=N–C) groups is 1. The van der Waals surface area contributed by atoms with Crippen molar-refractivity contribution in [2.75, 3.05) is 27.2 Å². The van der Waals surface area contributed by atoms with Gasteiger partial charge >= 0.3 is 6.03 Å². The molecule has 0 bridgehead atoms. The Morgan fingerprint density at radius 2 is 1.95 bits per heavy atom. The Morgan fingerprint density at radius 3 is 2.66 bits per heavy atom. The third kappa shape index (κ3) is 5.35. The Balaban J connectivity index is 1.36. The zero-order valence-corrected chi connectivity index (χ0v) is 23.2. The Morgan fingerprint density at radius 1 is 1.18 bits per heavy atom. The average Bonchev–Trinajstić information content (AvgIpc) is 3.56. The Labute approximate surface area is 228 Å². The Hall–Kier alpha value is -3.54. The summed E-state index contributed by atoms with van der Waals surface area (Å²) in [6.07, 6.45) is 5.49. The van der Waals surface area contributed by atoms with Gasteiger partial charge in [-0.15, -0.1) is 11.3 Å². The second kappa shape index (κ2) is 11.1. The first-order valence-electron chi connectivity index (χ1n) is 13.2. The number of rotatable bonds is 5. The molecule has 0 radical (unpaired) electrons. The Bertz CT molecular complexity index is 1410. The van der Waals surface area contributed by atoms with Crippen LogP contribution in [0.4, 0.5) is 4.79 Å². The monoisotopic (exact) mass is 527 g/mol. The van der Waals surface area contributed by atoms with Crippen LogP contribution in [0.15, 0.2) is 47.6 Å². The van der Waals surface area contributed by atoms with Gasteiger partial charge in [-0.1, -0.05) is 18.2 Å². The van der Waals surface area contributed by atoms with Crippen molar-refractivity contribution in [1.82, 2.24) is 14.8 Å². The molecule has 0 unspecified atom stereocenters. The number of carbonyl (C=O) groups is 1. The van der Waals surface area contributed by atoms with Crippen LogP contribution in [0.3, 0.4) is 0 Å². The van der Waals surface area contributed by atoms with Gasteiger partial charge < -0.3 is 14.5 Å². The van der Waals surface area contributed by atoms with Crippen molar-refractivity contribution >= 4 is 23.1 Å². The standard InChI is InChI=1S/C30H33N5O2S/c1-19(2)37-27-11-8-20(16-21(27)17-31)29-32-18-28(38-29)25-7-5-6-24-23(25)9-10-26(24)33-30(36)35-14-12-22(13-15-35)34(3)4/h5-8,11,16,18-19,22H,9-10,12-15H2,1-4H3/b33-26-. The largest absolute Gasteiger partial charge is 0.490 e. The van der Waals surface area contributed by atoms with Gasteiger partial charge in [0, 0.05) is 36.5 Å². The summed E-state index contributed by atoms with van der Waals surface area (Å²) in [7, 11) is 4.20. The average molecular weight is 528 g/mol. The number of fused-ring (bicyclic) bond motifs is 1. The first kappa shape index (κ1) is 26.1. The summed E-state index contributed by atoms with van der Waals surface area (Å²) in [5.74, 6) is 0.590. The summed E-state index contributed by atoms with van der Waals surface area (Å²) in [5, 5.41) is 10.5. The normalized spacial score (nSPS) is 16.8. The first-order chi connectivity index (χ1) is 18.3. The van der Waals surface area contributed by atoms with Gasteiger partial charge in [0.1, 0.15) is 16.8 Å². The Kier molecular flexibility index (Phi) is 7.59. The minimum atomic E-state index is -0.117. The van der Waals surface area contributed by atoms with Gasteiger partial charge in [0.05, 0.1) is 22.3 Å². The van der Waals surface area contributed by atoms with Crippen molar-refractivity contribution in [3.63, 3.8) is 0 Å². The highest BCUT2D eigenvalue weighted by atomic mass is 32.1. The number of likely N-dealkylation sites (tertiary alicyclic amines) is 1.